The van der Waals surface area contributed by atoms with Gasteiger partial charge >= 0.3 is 0 Å². The van der Waals surface area contributed by atoms with Gasteiger partial charge in [0.25, 0.3) is 5.91 Å². The zero-order valence-electron chi connectivity index (χ0n) is 22.8. The molecule has 1 amide bonds. The van der Waals surface area contributed by atoms with Crippen LogP contribution in [0.5, 0.6) is 0 Å². The Bertz CT molecular complexity index is 931. The van der Waals surface area contributed by atoms with Crippen LogP contribution in [0, 0.1) is 0 Å². The molecule has 2 rings (SSSR count). The van der Waals surface area contributed by atoms with Crippen LogP contribution in [0.1, 0.15) is 52.2 Å². The van der Waals surface area contributed by atoms with E-state index in [2.05, 4.69) is 36.3 Å². The summed E-state index contributed by atoms with van der Waals surface area (Å²) in [6, 6.07) is 7.84. The Balaban J connectivity index is 0.00000110. The van der Waals surface area contributed by atoms with Gasteiger partial charge in [-0.1, -0.05) is 67.1 Å². The highest BCUT2D eigenvalue weighted by molar-refractivity contribution is 5.84. The van der Waals surface area contributed by atoms with Crippen LogP contribution >= 0.6 is 0 Å². The molecule has 2 unspecified atom stereocenters. The molecule has 1 aliphatic carbocycles. The van der Waals surface area contributed by atoms with Crippen LogP contribution in [0.3, 0.4) is 0 Å². The van der Waals surface area contributed by atoms with E-state index in [-0.39, 0.29) is 0 Å². The van der Waals surface area contributed by atoms with Gasteiger partial charge in [0.05, 0.1) is 18.0 Å². The molecule has 3 atom stereocenters. The second-order valence-corrected chi connectivity index (χ2v) is 8.98. The number of allylic oxidation sites excluding steroid dienone is 8. The summed E-state index contributed by atoms with van der Waals surface area (Å²) in [5.41, 5.74) is 4.24. The lowest BCUT2D eigenvalue weighted by molar-refractivity contribution is -0.129. The molecule has 0 spiro atoms. The maximum Gasteiger partial charge on any atom is 0.253 e. The summed E-state index contributed by atoms with van der Waals surface area (Å²) in [7, 11) is 0. The van der Waals surface area contributed by atoms with E-state index in [1.54, 1.807) is 19.1 Å². The monoisotopic (exact) mass is 518 g/mol. The Labute approximate surface area is 221 Å². The predicted molar refractivity (Wildman–Crippen MR) is 149 cm³/mol. The molecular weight excluding hydrogens is 474 g/mol. The van der Waals surface area contributed by atoms with E-state index in [1.807, 2.05) is 44.2 Å². The number of alkyl halides is 1. The van der Waals surface area contributed by atoms with Gasteiger partial charge in [0.1, 0.15) is 6.67 Å². The maximum absolute atomic E-state index is 12.3. The lowest BCUT2D eigenvalue weighted by Gasteiger charge is -2.23. The van der Waals surface area contributed by atoms with Gasteiger partial charge in [0.15, 0.2) is 6.10 Å². The van der Waals surface area contributed by atoms with E-state index >= 15 is 0 Å². The SMILES string of the molecule is C/C(F)=C\CF.C=C(C)C.CCc1cccc(CNCC(O)[C@H](C)NC(=O)C(O)C2=CC=CC=CC2)c1. The van der Waals surface area contributed by atoms with Gasteiger partial charge in [0.2, 0.25) is 0 Å². The van der Waals surface area contributed by atoms with E-state index in [4.69, 9.17) is 0 Å². The van der Waals surface area contributed by atoms with E-state index in [0.717, 1.165) is 18.1 Å². The van der Waals surface area contributed by atoms with Crippen LogP contribution < -0.4 is 10.6 Å². The van der Waals surface area contributed by atoms with Gasteiger partial charge in [0, 0.05) is 13.1 Å². The molecule has 0 aromatic heterocycles. The lowest BCUT2D eigenvalue weighted by Crippen LogP contribution is -2.48. The number of aliphatic hydroxyl groups excluding tert-OH is 2. The minimum Gasteiger partial charge on any atom is -0.390 e. The van der Waals surface area contributed by atoms with Gasteiger partial charge in [-0.15, -0.1) is 6.58 Å². The minimum absolute atomic E-state index is 0.349. The Morgan fingerprint density at radius 1 is 1.16 bits per heavy atom. The third kappa shape index (κ3) is 17.3. The number of amides is 1. The third-order valence-corrected chi connectivity index (χ3v) is 5.01. The van der Waals surface area contributed by atoms with Crippen molar-refractivity contribution >= 4 is 5.91 Å². The van der Waals surface area contributed by atoms with Crippen molar-refractivity contribution in [3.8, 4) is 0 Å². The Morgan fingerprint density at radius 3 is 2.38 bits per heavy atom. The second-order valence-electron chi connectivity index (χ2n) is 8.98. The predicted octanol–water partition coefficient (Wildman–Crippen LogP) is 5.42. The molecule has 0 saturated carbocycles. The summed E-state index contributed by atoms with van der Waals surface area (Å²) in [6.07, 6.45) is 9.59. The average Bonchev–Trinajstić information content (AvgIpc) is 3.13. The summed E-state index contributed by atoms with van der Waals surface area (Å²) in [6.45, 7) is 12.9. The van der Waals surface area contributed by atoms with Crippen LogP contribution in [0.15, 0.2) is 84.3 Å². The van der Waals surface area contributed by atoms with Crippen molar-refractivity contribution in [3.63, 3.8) is 0 Å². The molecule has 1 aromatic carbocycles. The van der Waals surface area contributed by atoms with E-state index < -0.39 is 36.7 Å². The molecule has 206 valence electrons. The Hall–Kier alpha value is -2.87. The summed E-state index contributed by atoms with van der Waals surface area (Å²) in [4.78, 5) is 12.3. The quantitative estimate of drug-likeness (QED) is 0.312. The van der Waals surface area contributed by atoms with E-state index in [9.17, 15) is 23.8 Å². The molecular formula is C30H44F2N2O3. The Kier molecular flexibility index (Phi) is 18.6. The lowest BCUT2D eigenvalue weighted by atomic mass is 10.0. The first-order valence-corrected chi connectivity index (χ1v) is 12.5. The number of rotatable bonds is 10. The maximum atomic E-state index is 12.3. The van der Waals surface area contributed by atoms with Crippen molar-refractivity contribution in [2.45, 2.75) is 72.3 Å². The van der Waals surface area contributed by atoms with E-state index in [1.165, 1.54) is 18.1 Å². The molecule has 37 heavy (non-hydrogen) atoms. The zero-order chi connectivity index (χ0) is 28.2. The fourth-order valence-corrected chi connectivity index (χ4v) is 2.97. The zero-order valence-corrected chi connectivity index (χ0v) is 22.8. The molecule has 0 radical (unpaired) electrons. The number of aliphatic hydroxyl groups is 2. The fourth-order valence-electron chi connectivity index (χ4n) is 2.97. The molecule has 0 saturated heterocycles. The molecule has 1 aliphatic rings. The summed E-state index contributed by atoms with van der Waals surface area (Å²) >= 11 is 0. The van der Waals surface area contributed by atoms with Crippen molar-refractivity contribution in [2.24, 2.45) is 0 Å². The molecule has 5 nitrogen and oxygen atoms in total. The highest BCUT2D eigenvalue weighted by Gasteiger charge is 2.23. The van der Waals surface area contributed by atoms with Crippen LogP contribution in [0.25, 0.3) is 0 Å². The molecule has 0 heterocycles. The summed E-state index contributed by atoms with van der Waals surface area (Å²) in [5, 5.41) is 26.4. The van der Waals surface area contributed by atoms with Crippen molar-refractivity contribution in [3.05, 3.63) is 95.4 Å². The van der Waals surface area contributed by atoms with Crippen LogP contribution in [-0.2, 0) is 17.8 Å². The summed E-state index contributed by atoms with van der Waals surface area (Å²) < 4.78 is 22.3. The summed E-state index contributed by atoms with van der Waals surface area (Å²) in [5.74, 6) is -0.954. The molecule has 1 aromatic rings. The highest BCUT2D eigenvalue weighted by atomic mass is 19.1. The number of carbonyl (C=O) groups excluding carboxylic acids is 1. The van der Waals surface area contributed by atoms with Gasteiger partial charge in [-0.25, -0.2) is 8.78 Å². The largest absolute Gasteiger partial charge is 0.390 e. The molecule has 4 N–H and O–H groups in total. The Morgan fingerprint density at radius 2 is 1.81 bits per heavy atom. The van der Waals surface area contributed by atoms with Crippen molar-refractivity contribution in [2.75, 3.05) is 13.2 Å². The van der Waals surface area contributed by atoms with Gasteiger partial charge in [-0.2, -0.15) is 0 Å². The highest BCUT2D eigenvalue weighted by Crippen LogP contribution is 2.12. The minimum atomic E-state index is -1.21. The van der Waals surface area contributed by atoms with Crippen molar-refractivity contribution in [1.82, 2.24) is 10.6 Å². The standard InChI is InChI=1S/C22H30N2O3.C4H6F2.C4H8/c1-3-17-9-8-10-18(13-17)14-23-15-20(25)16(2)24-22(27)21(26)19-11-6-4-5-7-12-19;1-4(6)2-3-5;1-4(2)3/h4-11,13,16,20-21,23,25-26H,3,12,14-15H2,1-2H3,(H,24,27);2H,3H2,1H3;1H2,2-3H3/b;4-2+;/t16-,20?,21?;;/m0../s1. The van der Waals surface area contributed by atoms with Crippen molar-refractivity contribution < 1.29 is 23.8 Å². The molecule has 0 bridgehead atoms. The number of nitrogens with one attached hydrogen (secondary N) is 2. The number of benzene rings is 1. The first-order valence-electron chi connectivity index (χ1n) is 12.5. The van der Waals surface area contributed by atoms with Crippen LogP contribution in [0.2, 0.25) is 0 Å². The van der Waals surface area contributed by atoms with Crippen LogP contribution in [-0.4, -0.2) is 47.6 Å². The normalized spacial score (nSPS) is 15.1. The third-order valence-electron chi connectivity index (χ3n) is 5.01. The number of carbonyl (C=O) groups is 1. The molecule has 0 aliphatic heterocycles. The van der Waals surface area contributed by atoms with Gasteiger partial charge in [-0.3, -0.25) is 4.79 Å². The molecule has 0 fully saturated rings. The smallest absolute Gasteiger partial charge is 0.253 e. The number of halogens is 2. The number of aryl methyl sites for hydroxylation is 1. The van der Waals surface area contributed by atoms with Crippen molar-refractivity contribution in [1.29, 1.82) is 0 Å². The van der Waals surface area contributed by atoms with Gasteiger partial charge < -0.3 is 20.8 Å². The average molecular weight is 519 g/mol. The number of hydrogen-bond acceptors (Lipinski definition) is 4. The topological polar surface area (TPSA) is 81.6 Å². The van der Waals surface area contributed by atoms with Gasteiger partial charge in [-0.05, 0) is 63.3 Å². The van der Waals surface area contributed by atoms with E-state index in [0.29, 0.717) is 25.1 Å². The first kappa shape index (κ1) is 34.1. The fraction of sp³-hybridized carbons (Fsp3) is 0.433. The van der Waals surface area contributed by atoms with Crippen LogP contribution in [0.4, 0.5) is 8.78 Å². The molecule has 7 heteroatoms. The first-order chi connectivity index (χ1) is 17.5. The number of hydrogen-bond donors (Lipinski definition) is 4. The second kappa shape index (κ2) is 20.2.